The van der Waals surface area contributed by atoms with E-state index >= 15 is 0 Å². The average molecular weight is 368 g/mol. The number of carbonyl (C=O) groups excluding carboxylic acids is 2. The Bertz CT molecular complexity index is 500. The van der Waals surface area contributed by atoms with Crippen molar-refractivity contribution in [1.29, 1.82) is 0 Å². The molecule has 0 saturated carbocycles. The lowest BCUT2D eigenvalue weighted by atomic mass is 9.91. The first kappa shape index (κ1) is 18.9. The Morgan fingerprint density at radius 2 is 1.55 bits per heavy atom. The van der Waals surface area contributed by atoms with Crippen LogP contribution in [0.15, 0.2) is 18.2 Å². The van der Waals surface area contributed by atoms with Crippen molar-refractivity contribution in [2.45, 2.75) is 58.8 Å². The molecule has 0 aliphatic carbocycles. The molecular formula is C18H26BrNO2. The Kier molecular flexibility index (Phi) is 7.80. The summed E-state index contributed by atoms with van der Waals surface area (Å²) >= 11 is 3.08. The van der Waals surface area contributed by atoms with Crippen LogP contribution in [0.25, 0.3) is 0 Å². The van der Waals surface area contributed by atoms with E-state index in [1.807, 2.05) is 12.1 Å². The van der Waals surface area contributed by atoms with Gasteiger partial charge in [-0.1, -0.05) is 49.7 Å². The summed E-state index contributed by atoms with van der Waals surface area (Å²) in [6.07, 6.45) is 2.02. The molecule has 122 valence electrons. The van der Waals surface area contributed by atoms with Gasteiger partial charge in [0, 0.05) is 5.69 Å². The summed E-state index contributed by atoms with van der Waals surface area (Å²) < 4.78 is 0. The number of alkyl halides is 1. The van der Waals surface area contributed by atoms with Crippen molar-refractivity contribution in [2.75, 3.05) is 10.6 Å². The summed E-state index contributed by atoms with van der Waals surface area (Å²) in [5.74, 6) is 0.534. The zero-order valence-corrected chi connectivity index (χ0v) is 15.5. The fraction of sp³-hybridized carbons (Fsp3) is 0.556. The van der Waals surface area contributed by atoms with Crippen molar-refractivity contribution in [3.05, 3.63) is 29.3 Å². The zero-order chi connectivity index (χ0) is 16.7. The molecular weight excluding hydrogens is 342 g/mol. The number of rotatable bonds is 8. The predicted molar refractivity (Wildman–Crippen MR) is 95.9 cm³/mol. The van der Waals surface area contributed by atoms with E-state index in [0.717, 1.165) is 18.5 Å². The second kappa shape index (κ2) is 9.09. The highest BCUT2D eigenvalue weighted by molar-refractivity contribution is 9.09. The Labute approximate surface area is 142 Å². The van der Waals surface area contributed by atoms with Gasteiger partial charge in [-0.05, 0) is 47.9 Å². The lowest BCUT2D eigenvalue weighted by Crippen LogP contribution is -2.17. The van der Waals surface area contributed by atoms with Gasteiger partial charge in [-0.2, -0.15) is 0 Å². The molecule has 1 N–H and O–H groups in total. The van der Waals surface area contributed by atoms with Gasteiger partial charge >= 0.3 is 0 Å². The van der Waals surface area contributed by atoms with E-state index in [-0.39, 0.29) is 23.4 Å². The van der Waals surface area contributed by atoms with Crippen LogP contribution in [0.2, 0.25) is 0 Å². The van der Waals surface area contributed by atoms with Crippen molar-refractivity contribution in [2.24, 2.45) is 0 Å². The number of nitrogens with one attached hydrogen (secondary N) is 1. The van der Waals surface area contributed by atoms with Crippen LogP contribution in [0.3, 0.4) is 0 Å². The molecule has 0 bridgehead atoms. The molecule has 3 nitrogen and oxygen atoms in total. The lowest BCUT2D eigenvalue weighted by molar-refractivity contribution is -0.123. The summed E-state index contributed by atoms with van der Waals surface area (Å²) in [7, 11) is 0. The first-order valence-corrected chi connectivity index (χ1v) is 9.05. The van der Waals surface area contributed by atoms with Crippen LogP contribution >= 0.6 is 15.9 Å². The molecule has 2 atom stereocenters. The van der Waals surface area contributed by atoms with Crippen LogP contribution in [0.1, 0.15) is 69.9 Å². The number of benzene rings is 1. The van der Waals surface area contributed by atoms with Crippen molar-refractivity contribution in [3.63, 3.8) is 0 Å². The predicted octanol–water partition coefficient (Wildman–Crippen LogP) is 5.01. The van der Waals surface area contributed by atoms with Gasteiger partial charge < -0.3 is 5.32 Å². The fourth-order valence-electron chi connectivity index (χ4n) is 2.22. The maximum Gasteiger partial charge on any atom is 0.231 e. The molecule has 1 amide bonds. The minimum absolute atomic E-state index is 0.0858. The largest absolute Gasteiger partial charge is 0.326 e. The summed E-state index contributed by atoms with van der Waals surface area (Å²) in [5, 5.41) is 3.08. The number of amides is 1. The smallest absolute Gasteiger partial charge is 0.231 e. The molecule has 1 rings (SSSR count). The second-order valence-electron chi connectivity index (χ2n) is 5.90. The zero-order valence-electron chi connectivity index (χ0n) is 13.9. The summed E-state index contributed by atoms with van der Waals surface area (Å²) in [4.78, 5) is 23.3. The van der Waals surface area contributed by atoms with Crippen LogP contribution in [0, 0.1) is 0 Å². The number of hydrogen-bond acceptors (Lipinski definition) is 2. The van der Waals surface area contributed by atoms with Gasteiger partial charge in [0.25, 0.3) is 0 Å². The Hall–Kier alpha value is -1.16. The summed E-state index contributed by atoms with van der Waals surface area (Å²) in [6.45, 7) is 8.70. The molecule has 22 heavy (non-hydrogen) atoms. The first-order chi connectivity index (χ1) is 10.4. The first-order valence-electron chi connectivity index (χ1n) is 7.93. The van der Waals surface area contributed by atoms with Crippen molar-refractivity contribution in [3.8, 4) is 0 Å². The van der Waals surface area contributed by atoms with Crippen molar-refractivity contribution < 1.29 is 9.59 Å². The molecule has 4 heteroatoms. The van der Waals surface area contributed by atoms with Crippen LogP contribution in [0.5, 0.6) is 0 Å². The van der Waals surface area contributed by atoms with E-state index in [1.54, 1.807) is 0 Å². The number of halogens is 1. The fourth-order valence-corrected chi connectivity index (χ4v) is 2.42. The standard InChI is InChI=1S/C18H26BrNO2/c1-5-12(3)14-7-15(13(4)6-2)9-16(8-14)20-18(22)10-17(21)11-19/h7-9,12-13H,5-6,10-11H2,1-4H3,(H,20,22). The van der Waals surface area contributed by atoms with Gasteiger partial charge in [-0.3, -0.25) is 9.59 Å². The van der Waals surface area contributed by atoms with Gasteiger partial charge in [0.1, 0.15) is 0 Å². The van der Waals surface area contributed by atoms with E-state index < -0.39 is 0 Å². The molecule has 0 aliphatic heterocycles. The minimum atomic E-state index is -0.249. The maximum absolute atomic E-state index is 11.9. The van der Waals surface area contributed by atoms with Gasteiger partial charge in [-0.25, -0.2) is 0 Å². The third kappa shape index (κ3) is 5.56. The summed E-state index contributed by atoms with van der Waals surface area (Å²) in [5.41, 5.74) is 3.27. The van der Waals surface area contributed by atoms with E-state index in [0.29, 0.717) is 11.8 Å². The molecule has 0 spiro atoms. The van der Waals surface area contributed by atoms with Crippen LogP contribution in [0.4, 0.5) is 5.69 Å². The van der Waals surface area contributed by atoms with Gasteiger partial charge in [0.2, 0.25) is 5.91 Å². The van der Waals surface area contributed by atoms with Gasteiger partial charge in [-0.15, -0.1) is 0 Å². The van der Waals surface area contributed by atoms with E-state index in [1.165, 1.54) is 11.1 Å². The van der Waals surface area contributed by atoms with Crippen LogP contribution < -0.4 is 5.32 Å². The summed E-state index contributed by atoms with van der Waals surface area (Å²) in [6, 6.07) is 6.29. The maximum atomic E-state index is 11.9. The quantitative estimate of drug-likeness (QED) is 0.518. The number of hydrogen-bond donors (Lipinski definition) is 1. The van der Waals surface area contributed by atoms with Crippen molar-refractivity contribution >= 4 is 33.3 Å². The molecule has 0 aromatic heterocycles. The Morgan fingerprint density at radius 1 is 1.05 bits per heavy atom. The monoisotopic (exact) mass is 367 g/mol. The lowest BCUT2D eigenvalue weighted by Gasteiger charge is -2.17. The van der Waals surface area contributed by atoms with Crippen LogP contribution in [-0.2, 0) is 9.59 Å². The van der Waals surface area contributed by atoms with E-state index in [2.05, 4.69) is 55.0 Å². The third-order valence-electron chi connectivity index (χ3n) is 4.13. The highest BCUT2D eigenvalue weighted by Gasteiger charge is 2.13. The normalized spacial score (nSPS) is 13.5. The molecule has 0 fully saturated rings. The Morgan fingerprint density at radius 3 is 1.95 bits per heavy atom. The number of anilines is 1. The molecule has 1 aromatic rings. The Balaban J connectivity index is 3.02. The topological polar surface area (TPSA) is 46.2 Å². The van der Waals surface area contributed by atoms with E-state index in [9.17, 15) is 9.59 Å². The molecule has 0 heterocycles. The third-order valence-corrected chi connectivity index (χ3v) is 4.76. The molecule has 2 unspecified atom stereocenters. The average Bonchev–Trinajstić information content (AvgIpc) is 2.52. The number of ketones is 1. The highest BCUT2D eigenvalue weighted by Crippen LogP contribution is 2.29. The SMILES string of the molecule is CCC(C)c1cc(NC(=O)CC(=O)CBr)cc(C(C)CC)c1. The number of Topliss-reactive ketones (excluding diaryl/α,β-unsaturated/α-hetero) is 1. The molecule has 0 radical (unpaired) electrons. The molecule has 0 saturated heterocycles. The molecule has 0 aliphatic rings. The van der Waals surface area contributed by atoms with E-state index in [4.69, 9.17) is 0 Å². The minimum Gasteiger partial charge on any atom is -0.326 e. The highest BCUT2D eigenvalue weighted by atomic mass is 79.9. The number of carbonyl (C=O) groups is 2. The van der Waals surface area contributed by atoms with Crippen molar-refractivity contribution in [1.82, 2.24) is 0 Å². The molecule has 1 aromatic carbocycles. The van der Waals surface area contributed by atoms with Crippen LogP contribution in [-0.4, -0.2) is 17.0 Å². The second-order valence-corrected chi connectivity index (χ2v) is 6.46. The van der Waals surface area contributed by atoms with Gasteiger partial charge in [0.15, 0.2) is 5.78 Å². The van der Waals surface area contributed by atoms with Gasteiger partial charge in [0.05, 0.1) is 11.8 Å².